The van der Waals surface area contributed by atoms with Gasteiger partial charge in [-0.2, -0.15) is 0 Å². The zero-order valence-corrected chi connectivity index (χ0v) is 13.6. The van der Waals surface area contributed by atoms with Crippen LogP contribution >= 0.6 is 0 Å². The Labute approximate surface area is 137 Å². The highest BCUT2D eigenvalue weighted by Crippen LogP contribution is 2.33. The molecule has 0 saturated heterocycles. The minimum atomic E-state index is 0.0980. The van der Waals surface area contributed by atoms with Crippen molar-refractivity contribution in [3.63, 3.8) is 0 Å². The van der Waals surface area contributed by atoms with Gasteiger partial charge in [0.25, 0.3) is 0 Å². The number of hydrogen-bond donors (Lipinski definition) is 0. The molecule has 0 bridgehead atoms. The maximum atomic E-state index is 11.6. The molecule has 0 amide bonds. The second kappa shape index (κ2) is 7.40. The lowest BCUT2D eigenvalue weighted by molar-refractivity contribution is 0.0988. The van der Waals surface area contributed by atoms with Crippen LogP contribution < -0.4 is 4.74 Å². The number of ketones is 1. The fourth-order valence-corrected chi connectivity index (χ4v) is 3.17. The highest BCUT2D eigenvalue weighted by atomic mass is 16.5. The van der Waals surface area contributed by atoms with E-state index in [2.05, 4.69) is 17.1 Å². The van der Waals surface area contributed by atoms with Gasteiger partial charge in [-0.1, -0.05) is 38.3 Å². The Kier molecular flexibility index (Phi) is 5.06. The maximum absolute atomic E-state index is 11.6. The average Bonchev–Trinajstić information content (AvgIpc) is 2.63. The molecule has 1 aliphatic rings. The van der Waals surface area contributed by atoms with Crippen LogP contribution in [-0.4, -0.2) is 10.8 Å². The number of benzene rings is 1. The number of nitrogens with zero attached hydrogens (tertiary/aromatic N) is 1. The molecule has 1 saturated carbocycles. The van der Waals surface area contributed by atoms with Crippen molar-refractivity contribution in [1.82, 2.24) is 4.98 Å². The van der Waals surface area contributed by atoms with Crippen molar-refractivity contribution in [3.05, 3.63) is 53.7 Å². The van der Waals surface area contributed by atoms with Gasteiger partial charge in [-0.15, -0.1) is 0 Å². The molecule has 2 aromatic rings. The first-order chi connectivity index (χ1) is 11.3. The van der Waals surface area contributed by atoms with Crippen molar-refractivity contribution in [2.45, 2.75) is 51.4 Å². The van der Waals surface area contributed by atoms with Crippen LogP contribution in [0.25, 0.3) is 0 Å². The van der Waals surface area contributed by atoms with Gasteiger partial charge in [0, 0.05) is 24.2 Å². The molecule has 23 heavy (non-hydrogen) atoms. The average molecular weight is 309 g/mol. The molecule has 1 fully saturated rings. The fourth-order valence-electron chi connectivity index (χ4n) is 3.17. The molecule has 0 radical (unpaired) electrons. The summed E-state index contributed by atoms with van der Waals surface area (Å²) in [6, 6.07) is 11.9. The van der Waals surface area contributed by atoms with Gasteiger partial charge in [0.1, 0.15) is 5.75 Å². The Hall–Kier alpha value is -2.16. The highest BCUT2D eigenvalue weighted by Gasteiger charge is 2.15. The SMILES string of the molecule is CCC(=O)c1ccc(Oc2ccc(C3CCCCC3)cc2)nc1. The summed E-state index contributed by atoms with van der Waals surface area (Å²) in [6.07, 6.45) is 8.73. The summed E-state index contributed by atoms with van der Waals surface area (Å²) in [7, 11) is 0. The topological polar surface area (TPSA) is 39.2 Å². The predicted octanol–water partition coefficient (Wildman–Crippen LogP) is 5.51. The Morgan fingerprint density at radius 1 is 1.09 bits per heavy atom. The zero-order valence-electron chi connectivity index (χ0n) is 13.6. The first-order valence-corrected chi connectivity index (χ1v) is 8.53. The largest absolute Gasteiger partial charge is 0.439 e. The number of carbonyl (C=O) groups is 1. The van der Waals surface area contributed by atoms with Gasteiger partial charge in [0.15, 0.2) is 5.78 Å². The van der Waals surface area contributed by atoms with E-state index < -0.39 is 0 Å². The maximum Gasteiger partial charge on any atom is 0.219 e. The van der Waals surface area contributed by atoms with Gasteiger partial charge in [-0.25, -0.2) is 4.98 Å². The van der Waals surface area contributed by atoms with E-state index in [1.807, 2.05) is 19.1 Å². The molecule has 0 spiro atoms. The molecule has 120 valence electrons. The van der Waals surface area contributed by atoms with Crippen molar-refractivity contribution in [3.8, 4) is 11.6 Å². The summed E-state index contributed by atoms with van der Waals surface area (Å²) < 4.78 is 5.77. The van der Waals surface area contributed by atoms with E-state index in [1.165, 1.54) is 37.7 Å². The van der Waals surface area contributed by atoms with Gasteiger partial charge >= 0.3 is 0 Å². The standard InChI is InChI=1S/C20H23NO2/c1-2-19(22)17-10-13-20(21-14-17)23-18-11-8-16(9-12-18)15-6-4-3-5-7-15/h8-15H,2-7H2,1H3. The summed E-state index contributed by atoms with van der Waals surface area (Å²) >= 11 is 0. The van der Waals surface area contributed by atoms with E-state index >= 15 is 0 Å². The van der Waals surface area contributed by atoms with Crippen molar-refractivity contribution in [1.29, 1.82) is 0 Å². The minimum absolute atomic E-state index is 0.0980. The molecular weight excluding hydrogens is 286 g/mol. The quantitative estimate of drug-likeness (QED) is 0.683. The van der Waals surface area contributed by atoms with Crippen LogP contribution in [0.3, 0.4) is 0 Å². The van der Waals surface area contributed by atoms with Gasteiger partial charge in [0.2, 0.25) is 5.88 Å². The van der Waals surface area contributed by atoms with E-state index in [9.17, 15) is 4.79 Å². The lowest BCUT2D eigenvalue weighted by Gasteiger charge is -2.22. The molecule has 3 rings (SSSR count). The Morgan fingerprint density at radius 2 is 1.83 bits per heavy atom. The summed E-state index contributed by atoms with van der Waals surface area (Å²) in [4.78, 5) is 15.8. The third-order valence-corrected chi connectivity index (χ3v) is 4.56. The normalized spacial score (nSPS) is 15.3. The first-order valence-electron chi connectivity index (χ1n) is 8.53. The Morgan fingerprint density at radius 3 is 2.43 bits per heavy atom. The van der Waals surface area contributed by atoms with Crippen LogP contribution in [0.4, 0.5) is 0 Å². The predicted molar refractivity (Wildman–Crippen MR) is 91.2 cm³/mol. The Bertz CT molecular complexity index is 640. The summed E-state index contributed by atoms with van der Waals surface area (Å²) in [6.45, 7) is 1.85. The van der Waals surface area contributed by atoms with Crippen LogP contribution in [0, 0.1) is 0 Å². The lowest BCUT2D eigenvalue weighted by atomic mass is 9.84. The summed E-state index contributed by atoms with van der Waals surface area (Å²) in [5.74, 6) is 2.10. The van der Waals surface area contributed by atoms with Gasteiger partial charge < -0.3 is 4.74 Å². The number of pyridine rings is 1. The van der Waals surface area contributed by atoms with E-state index in [0.29, 0.717) is 23.8 Å². The third kappa shape index (κ3) is 3.98. The second-order valence-corrected chi connectivity index (χ2v) is 6.17. The number of ether oxygens (including phenoxy) is 1. The summed E-state index contributed by atoms with van der Waals surface area (Å²) in [5, 5.41) is 0. The molecule has 0 atom stereocenters. The molecule has 1 aromatic carbocycles. The van der Waals surface area contributed by atoms with Crippen molar-refractivity contribution >= 4 is 5.78 Å². The molecule has 3 heteroatoms. The van der Waals surface area contributed by atoms with E-state index in [1.54, 1.807) is 18.3 Å². The van der Waals surface area contributed by atoms with Crippen molar-refractivity contribution in [2.24, 2.45) is 0 Å². The summed E-state index contributed by atoms with van der Waals surface area (Å²) in [5.41, 5.74) is 2.04. The molecule has 3 nitrogen and oxygen atoms in total. The van der Waals surface area contributed by atoms with Gasteiger partial charge in [-0.3, -0.25) is 4.79 Å². The van der Waals surface area contributed by atoms with E-state index in [-0.39, 0.29) is 5.78 Å². The van der Waals surface area contributed by atoms with Crippen LogP contribution in [0.2, 0.25) is 0 Å². The van der Waals surface area contributed by atoms with Crippen molar-refractivity contribution < 1.29 is 9.53 Å². The van der Waals surface area contributed by atoms with Gasteiger partial charge in [0.05, 0.1) is 0 Å². The fraction of sp³-hybridized carbons (Fsp3) is 0.400. The molecule has 0 aliphatic heterocycles. The molecule has 1 aromatic heterocycles. The first kappa shape index (κ1) is 15.7. The molecule has 0 N–H and O–H groups in total. The van der Waals surface area contributed by atoms with Crippen LogP contribution in [-0.2, 0) is 0 Å². The smallest absolute Gasteiger partial charge is 0.219 e. The highest BCUT2D eigenvalue weighted by molar-refractivity contribution is 5.95. The number of carbonyl (C=O) groups excluding carboxylic acids is 1. The number of aromatic nitrogens is 1. The molecule has 1 heterocycles. The molecule has 0 unspecified atom stereocenters. The monoisotopic (exact) mass is 309 g/mol. The number of hydrogen-bond acceptors (Lipinski definition) is 3. The molecular formula is C20H23NO2. The lowest BCUT2D eigenvalue weighted by Crippen LogP contribution is -2.04. The zero-order chi connectivity index (χ0) is 16.1. The van der Waals surface area contributed by atoms with Crippen LogP contribution in [0.1, 0.15) is 67.3 Å². The van der Waals surface area contributed by atoms with Gasteiger partial charge in [-0.05, 0) is 42.5 Å². The van der Waals surface area contributed by atoms with Crippen LogP contribution in [0.5, 0.6) is 11.6 Å². The van der Waals surface area contributed by atoms with E-state index in [4.69, 9.17) is 4.74 Å². The second-order valence-electron chi connectivity index (χ2n) is 6.17. The Balaban J connectivity index is 1.64. The molecule has 1 aliphatic carbocycles. The number of Topliss-reactive ketones (excluding diaryl/α,β-unsaturated/α-hetero) is 1. The number of rotatable bonds is 5. The third-order valence-electron chi connectivity index (χ3n) is 4.56. The van der Waals surface area contributed by atoms with Crippen molar-refractivity contribution in [2.75, 3.05) is 0 Å². The minimum Gasteiger partial charge on any atom is -0.439 e. The van der Waals surface area contributed by atoms with Crippen LogP contribution in [0.15, 0.2) is 42.6 Å². The van der Waals surface area contributed by atoms with E-state index in [0.717, 1.165) is 5.75 Å².